The molecule has 3 heteroatoms. The Balaban J connectivity index is 2.15. The lowest BCUT2D eigenvalue weighted by atomic mass is 10.2. The Bertz CT molecular complexity index is 523. The van der Waals surface area contributed by atoms with E-state index in [1.165, 1.54) is 5.56 Å². The zero-order chi connectivity index (χ0) is 12.8. The van der Waals surface area contributed by atoms with Crippen molar-refractivity contribution in [3.05, 3.63) is 66.0 Å². The molecule has 92 valence electrons. The zero-order valence-electron chi connectivity index (χ0n) is 10.4. The third kappa shape index (κ3) is 3.17. The number of carbonyl (C=O) groups is 1. The maximum atomic E-state index is 11.6. The van der Waals surface area contributed by atoms with Crippen LogP contribution < -0.4 is 4.57 Å². The first-order valence-electron chi connectivity index (χ1n) is 5.99. The quantitative estimate of drug-likeness (QED) is 0.607. The van der Waals surface area contributed by atoms with Crippen molar-refractivity contribution in [2.24, 2.45) is 0 Å². The second-order valence-corrected chi connectivity index (χ2v) is 3.97. The molecule has 1 heterocycles. The average Bonchev–Trinajstić information content (AvgIpc) is 2.40. The lowest BCUT2D eigenvalue weighted by molar-refractivity contribution is -0.688. The maximum Gasteiger partial charge on any atom is 0.344 e. The molecule has 0 aliphatic carbocycles. The highest BCUT2D eigenvalue weighted by molar-refractivity contribution is 5.88. The zero-order valence-corrected chi connectivity index (χ0v) is 10.4. The monoisotopic (exact) mass is 242 g/mol. The van der Waals surface area contributed by atoms with Crippen molar-refractivity contribution in [3.63, 3.8) is 0 Å². The molecular weight excluding hydrogens is 226 g/mol. The summed E-state index contributed by atoms with van der Waals surface area (Å²) in [5.74, 6) is -0.278. The number of ether oxygens (including phenoxy) is 1. The van der Waals surface area contributed by atoms with Crippen LogP contribution in [0.4, 0.5) is 0 Å². The van der Waals surface area contributed by atoms with Gasteiger partial charge in [0.1, 0.15) is 5.56 Å². The molecule has 0 spiro atoms. The topological polar surface area (TPSA) is 30.2 Å². The van der Waals surface area contributed by atoms with E-state index in [1.807, 2.05) is 41.2 Å². The number of rotatable bonds is 4. The molecule has 0 bridgehead atoms. The Morgan fingerprint density at radius 2 is 1.94 bits per heavy atom. The van der Waals surface area contributed by atoms with Crippen LogP contribution in [0, 0.1) is 0 Å². The highest BCUT2D eigenvalue weighted by Crippen LogP contribution is 2.00. The van der Waals surface area contributed by atoms with E-state index in [1.54, 1.807) is 13.0 Å². The van der Waals surface area contributed by atoms with E-state index in [4.69, 9.17) is 4.74 Å². The summed E-state index contributed by atoms with van der Waals surface area (Å²) >= 11 is 0. The summed E-state index contributed by atoms with van der Waals surface area (Å²) in [6.07, 6.45) is 3.75. The number of carbonyl (C=O) groups excluding carboxylic acids is 1. The summed E-state index contributed by atoms with van der Waals surface area (Å²) < 4.78 is 6.95. The van der Waals surface area contributed by atoms with E-state index < -0.39 is 0 Å². The van der Waals surface area contributed by atoms with Gasteiger partial charge < -0.3 is 4.74 Å². The molecule has 0 saturated heterocycles. The number of nitrogens with zero attached hydrogens (tertiary/aromatic N) is 1. The van der Waals surface area contributed by atoms with Gasteiger partial charge in [-0.2, -0.15) is 4.57 Å². The molecule has 0 unspecified atom stereocenters. The molecule has 0 atom stereocenters. The van der Waals surface area contributed by atoms with E-state index >= 15 is 0 Å². The molecule has 2 aromatic rings. The molecule has 2 rings (SSSR count). The fraction of sp³-hybridized carbons (Fsp3) is 0.200. The van der Waals surface area contributed by atoms with Gasteiger partial charge in [-0.3, -0.25) is 0 Å². The first kappa shape index (κ1) is 12.3. The SMILES string of the molecule is CCOC(=O)c1ccc[n+](Cc2ccccc2)c1. The van der Waals surface area contributed by atoms with Crippen LogP contribution in [0.5, 0.6) is 0 Å². The van der Waals surface area contributed by atoms with Gasteiger partial charge in [0, 0.05) is 11.6 Å². The highest BCUT2D eigenvalue weighted by Gasteiger charge is 2.11. The Morgan fingerprint density at radius 3 is 2.67 bits per heavy atom. The van der Waals surface area contributed by atoms with Gasteiger partial charge >= 0.3 is 5.97 Å². The Morgan fingerprint density at radius 1 is 1.17 bits per heavy atom. The number of benzene rings is 1. The molecule has 0 aliphatic rings. The predicted octanol–water partition coefficient (Wildman–Crippen LogP) is 2.20. The molecular formula is C15H16NO2+. The molecule has 0 N–H and O–H groups in total. The minimum absolute atomic E-state index is 0.278. The molecule has 0 radical (unpaired) electrons. The smallest absolute Gasteiger partial charge is 0.344 e. The Hall–Kier alpha value is -2.16. The van der Waals surface area contributed by atoms with Crippen molar-refractivity contribution < 1.29 is 14.1 Å². The molecule has 0 amide bonds. The van der Waals surface area contributed by atoms with Crippen LogP contribution in [0.15, 0.2) is 54.9 Å². The fourth-order valence-electron chi connectivity index (χ4n) is 1.75. The summed E-state index contributed by atoms with van der Waals surface area (Å²) in [4.78, 5) is 11.6. The lowest BCUT2D eigenvalue weighted by Crippen LogP contribution is -2.34. The number of hydrogen-bond donors (Lipinski definition) is 0. The Kier molecular flexibility index (Phi) is 4.07. The third-order valence-corrected chi connectivity index (χ3v) is 2.58. The van der Waals surface area contributed by atoms with Gasteiger partial charge in [0.05, 0.1) is 6.61 Å². The predicted molar refractivity (Wildman–Crippen MR) is 68.1 cm³/mol. The van der Waals surface area contributed by atoms with Crippen molar-refractivity contribution >= 4 is 5.97 Å². The second-order valence-electron chi connectivity index (χ2n) is 3.97. The summed E-state index contributed by atoms with van der Waals surface area (Å²) in [5, 5.41) is 0. The van der Waals surface area contributed by atoms with Crippen LogP contribution in [0.25, 0.3) is 0 Å². The van der Waals surface area contributed by atoms with Crippen LogP contribution in [0.3, 0.4) is 0 Å². The van der Waals surface area contributed by atoms with E-state index in [9.17, 15) is 4.79 Å². The van der Waals surface area contributed by atoms with Gasteiger partial charge in [-0.15, -0.1) is 0 Å². The summed E-state index contributed by atoms with van der Waals surface area (Å²) in [7, 11) is 0. The third-order valence-electron chi connectivity index (χ3n) is 2.58. The molecule has 0 aliphatic heterocycles. The minimum Gasteiger partial charge on any atom is -0.462 e. The van der Waals surface area contributed by atoms with Crippen LogP contribution in [0.1, 0.15) is 22.8 Å². The van der Waals surface area contributed by atoms with Crippen LogP contribution in [0.2, 0.25) is 0 Å². The van der Waals surface area contributed by atoms with Gasteiger partial charge in [-0.1, -0.05) is 30.3 Å². The average molecular weight is 242 g/mol. The lowest BCUT2D eigenvalue weighted by Gasteiger charge is -2.01. The van der Waals surface area contributed by atoms with Crippen molar-refractivity contribution in [3.8, 4) is 0 Å². The van der Waals surface area contributed by atoms with Gasteiger partial charge in [-0.25, -0.2) is 4.79 Å². The minimum atomic E-state index is -0.278. The molecule has 1 aromatic heterocycles. The first-order chi connectivity index (χ1) is 8.79. The standard InChI is InChI=1S/C15H16NO2/c1-2-18-15(17)14-9-6-10-16(12-14)11-13-7-4-3-5-8-13/h3-10,12H,2,11H2,1H3/q+1. The summed E-state index contributed by atoms with van der Waals surface area (Å²) in [5.41, 5.74) is 1.78. The van der Waals surface area contributed by atoms with Crippen LogP contribution in [-0.4, -0.2) is 12.6 Å². The Labute approximate surface area is 107 Å². The second kappa shape index (κ2) is 5.96. The van der Waals surface area contributed by atoms with Crippen molar-refractivity contribution in [1.29, 1.82) is 0 Å². The van der Waals surface area contributed by atoms with E-state index in [0.29, 0.717) is 12.2 Å². The van der Waals surface area contributed by atoms with E-state index in [2.05, 4.69) is 12.1 Å². The van der Waals surface area contributed by atoms with E-state index in [-0.39, 0.29) is 5.97 Å². The van der Waals surface area contributed by atoms with Crippen LogP contribution >= 0.6 is 0 Å². The highest BCUT2D eigenvalue weighted by atomic mass is 16.5. The largest absolute Gasteiger partial charge is 0.462 e. The molecule has 0 saturated carbocycles. The number of esters is 1. The molecule has 18 heavy (non-hydrogen) atoms. The number of pyridine rings is 1. The van der Waals surface area contributed by atoms with E-state index in [0.717, 1.165) is 6.54 Å². The number of hydrogen-bond acceptors (Lipinski definition) is 2. The van der Waals surface area contributed by atoms with Crippen molar-refractivity contribution in [2.75, 3.05) is 6.61 Å². The van der Waals surface area contributed by atoms with Gasteiger partial charge in [0.15, 0.2) is 18.9 Å². The van der Waals surface area contributed by atoms with Gasteiger partial charge in [-0.05, 0) is 13.0 Å². The maximum absolute atomic E-state index is 11.6. The normalized spacial score (nSPS) is 10.1. The van der Waals surface area contributed by atoms with Crippen LogP contribution in [-0.2, 0) is 11.3 Å². The first-order valence-corrected chi connectivity index (χ1v) is 5.99. The molecule has 1 aromatic carbocycles. The fourth-order valence-corrected chi connectivity index (χ4v) is 1.75. The van der Waals surface area contributed by atoms with Crippen molar-refractivity contribution in [2.45, 2.75) is 13.5 Å². The van der Waals surface area contributed by atoms with Crippen molar-refractivity contribution in [1.82, 2.24) is 0 Å². The molecule has 3 nitrogen and oxygen atoms in total. The summed E-state index contributed by atoms with van der Waals surface area (Å²) in [6, 6.07) is 13.7. The van der Waals surface area contributed by atoms with Gasteiger partial charge in [0.25, 0.3) is 0 Å². The molecule has 0 fully saturated rings. The number of aromatic nitrogens is 1. The summed E-state index contributed by atoms with van der Waals surface area (Å²) in [6.45, 7) is 2.94. The van der Waals surface area contributed by atoms with Gasteiger partial charge in [0.2, 0.25) is 0 Å².